The van der Waals surface area contributed by atoms with Crippen LogP contribution in [0.1, 0.15) is 42.1 Å². The van der Waals surface area contributed by atoms with Crippen LogP contribution >= 0.6 is 0 Å². The highest BCUT2D eigenvalue weighted by molar-refractivity contribution is 5.94. The molecule has 1 aromatic carbocycles. The van der Waals surface area contributed by atoms with Gasteiger partial charge in [0, 0.05) is 37.6 Å². The van der Waals surface area contributed by atoms with Crippen molar-refractivity contribution in [1.82, 2.24) is 4.90 Å². The fourth-order valence-electron chi connectivity index (χ4n) is 4.21. The van der Waals surface area contributed by atoms with Crippen molar-refractivity contribution in [1.29, 1.82) is 0 Å². The zero-order valence-electron chi connectivity index (χ0n) is 13.9. The summed E-state index contributed by atoms with van der Waals surface area (Å²) >= 11 is 0. The molecule has 2 fully saturated rings. The van der Waals surface area contributed by atoms with Crippen molar-refractivity contribution in [2.24, 2.45) is 5.41 Å². The first-order valence-electron chi connectivity index (χ1n) is 8.12. The summed E-state index contributed by atoms with van der Waals surface area (Å²) in [6.45, 7) is 4.88. The summed E-state index contributed by atoms with van der Waals surface area (Å²) in [6.07, 6.45) is 1.74. The molecule has 0 aromatic heterocycles. The topological polar surface area (TPSA) is 49.8 Å². The number of aliphatic hydroxyl groups excluding tert-OH is 1. The molecule has 2 atom stereocenters. The maximum atomic E-state index is 13.4. The van der Waals surface area contributed by atoms with Gasteiger partial charge in [0.15, 0.2) is 0 Å². The summed E-state index contributed by atoms with van der Waals surface area (Å²) in [5.74, 6) is -0.372. The summed E-state index contributed by atoms with van der Waals surface area (Å²) in [4.78, 5) is 14.4. The Bertz CT molecular complexity index is 625. The lowest BCUT2D eigenvalue weighted by atomic mass is 9.51. The number of hydrogen-bond donors (Lipinski definition) is 1. The van der Waals surface area contributed by atoms with Gasteiger partial charge in [0.25, 0.3) is 5.91 Å². The van der Waals surface area contributed by atoms with Crippen LogP contribution in [0.2, 0.25) is 0 Å². The molecule has 1 N–H and O–H groups in total. The minimum Gasteiger partial charge on any atom is -0.392 e. The van der Waals surface area contributed by atoms with E-state index in [0.717, 1.165) is 12.8 Å². The molecule has 1 saturated carbocycles. The third kappa shape index (κ3) is 2.37. The normalized spacial score (nSPS) is 29.4. The minimum absolute atomic E-state index is 0.0733. The second-order valence-corrected chi connectivity index (χ2v) is 7.07. The lowest BCUT2D eigenvalue weighted by Gasteiger charge is -2.62. The van der Waals surface area contributed by atoms with Crippen molar-refractivity contribution in [3.05, 3.63) is 35.1 Å². The van der Waals surface area contributed by atoms with Crippen LogP contribution in [0.25, 0.3) is 0 Å². The van der Waals surface area contributed by atoms with Gasteiger partial charge in [-0.15, -0.1) is 0 Å². The average Bonchev–Trinajstić information content (AvgIpc) is 2.56. The number of halogens is 1. The molecule has 23 heavy (non-hydrogen) atoms. The smallest absolute Gasteiger partial charge is 0.253 e. The molecule has 1 amide bonds. The van der Waals surface area contributed by atoms with E-state index in [2.05, 4.69) is 0 Å². The average molecular weight is 321 g/mol. The summed E-state index contributed by atoms with van der Waals surface area (Å²) in [5.41, 5.74) is 0.430. The van der Waals surface area contributed by atoms with Crippen LogP contribution in [0, 0.1) is 18.2 Å². The fraction of sp³-hybridized carbons (Fsp3) is 0.611. The first-order valence-corrected chi connectivity index (χ1v) is 8.12. The molecular weight excluding hydrogens is 297 g/mol. The number of aryl methyl sites for hydroxylation is 1. The number of methoxy groups -OCH3 is 1. The van der Waals surface area contributed by atoms with E-state index >= 15 is 0 Å². The van der Waals surface area contributed by atoms with Gasteiger partial charge in [-0.25, -0.2) is 4.39 Å². The predicted octanol–water partition coefficient (Wildman–Crippen LogP) is 2.53. The Morgan fingerprint density at radius 2 is 2.04 bits per heavy atom. The Morgan fingerprint density at radius 1 is 1.39 bits per heavy atom. The number of benzene rings is 1. The van der Waals surface area contributed by atoms with Gasteiger partial charge in [0.2, 0.25) is 0 Å². The van der Waals surface area contributed by atoms with Crippen LogP contribution in [-0.4, -0.2) is 47.8 Å². The third-order valence-corrected chi connectivity index (χ3v) is 6.07. The molecule has 1 spiro atoms. The molecule has 1 heterocycles. The minimum atomic E-state index is -0.363. The number of carbonyl (C=O) groups excluding carboxylic acids is 1. The number of hydrogen-bond acceptors (Lipinski definition) is 3. The van der Waals surface area contributed by atoms with Crippen LogP contribution in [0.4, 0.5) is 4.39 Å². The Kier molecular flexibility index (Phi) is 3.97. The molecule has 1 saturated heterocycles. The highest BCUT2D eigenvalue weighted by atomic mass is 19.1. The molecular formula is C18H24FNO3. The Morgan fingerprint density at radius 3 is 2.57 bits per heavy atom. The maximum absolute atomic E-state index is 13.4. The molecule has 126 valence electrons. The summed E-state index contributed by atoms with van der Waals surface area (Å²) in [6, 6.07) is 4.47. The van der Waals surface area contributed by atoms with Crippen molar-refractivity contribution < 1.29 is 19.0 Å². The van der Waals surface area contributed by atoms with E-state index in [9.17, 15) is 14.3 Å². The SMILES string of the molecule is COC1(C)CC(O)C12CCN(C(=O)c1ccc(F)c(C)c1)CC2. The van der Waals surface area contributed by atoms with Crippen LogP contribution in [-0.2, 0) is 4.74 Å². The molecule has 2 unspecified atom stereocenters. The first-order chi connectivity index (χ1) is 10.8. The molecule has 1 aliphatic heterocycles. The van der Waals surface area contributed by atoms with Gasteiger partial charge in [-0.3, -0.25) is 4.79 Å². The number of piperidine rings is 1. The summed E-state index contributed by atoms with van der Waals surface area (Å²) < 4.78 is 19.0. The zero-order valence-corrected chi connectivity index (χ0v) is 13.9. The number of rotatable bonds is 2. The van der Waals surface area contributed by atoms with E-state index in [1.54, 1.807) is 25.0 Å². The Hall–Kier alpha value is -1.46. The molecule has 4 nitrogen and oxygen atoms in total. The molecule has 3 rings (SSSR count). The number of nitrogens with zero attached hydrogens (tertiary/aromatic N) is 1. The highest BCUT2D eigenvalue weighted by Crippen LogP contribution is 2.57. The summed E-state index contributed by atoms with van der Waals surface area (Å²) in [5, 5.41) is 10.3. The third-order valence-electron chi connectivity index (χ3n) is 6.07. The van der Waals surface area contributed by atoms with Gasteiger partial charge in [0.05, 0.1) is 11.7 Å². The second-order valence-electron chi connectivity index (χ2n) is 7.07. The fourth-order valence-corrected chi connectivity index (χ4v) is 4.21. The zero-order chi connectivity index (χ0) is 16.8. The van der Waals surface area contributed by atoms with E-state index < -0.39 is 0 Å². The second kappa shape index (κ2) is 5.56. The van der Waals surface area contributed by atoms with Crippen molar-refractivity contribution in [2.75, 3.05) is 20.2 Å². The number of aliphatic hydroxyl groups is 1. The molecule has 1 aromatic rings. The number of ether oxygens (including phenoxy) is 1. The molecule has 0 radical (unpaired) electrons. The monoisotopic (exact) mass is 321 g/mol. The van der Waals surface area contributed by atoms with Crippen molar-refractivity contribution >= 4 is 5.91 Å². The number of amides is 1. The van der Waals surface area contributed by atoms with Crippen molar-refractivity contribution in [3.63, 3.8) is 0 Å². The van der Waals surface area contributed by atoms with E-state index in [1.807, 2.05) is 6.92 Å². The van der Waals surface area contributed by atoms with E-state index in [0.29, 0.717) is 30.6 Å². The van der Waals surface area contributed by atoms with Crippen molar-refractivity contribution in [2.45, 2.75) is 44.8 Å². The van der Waals surface area contributed by atoms with Crippen LogP contribution in [0.3, 0.4) is 0 Å². The van der Waals surface area contributed by atoms with Crippen molar-refractivity contribution in [3.8, 4) is 0 Å². The quantitative estimate of drug-likeness (QED) is 0.910. The molecule has 1 aliphatic carbocycles. The molecule has 5 heteroatoms. The number of carbonyl (C=O) groups is 1. The Labute approximate surface area is 136 Å². The lowest BCUT2D eigenvalue weighted by molar-refractivity contribution is -0.259. The molecule has 0 bridgehead atoms. The van der Waals surface area contributed by atoms with Gasteiger partial charge in [0.1, 0.15) is 5.82 Å². The van der Waals surface area contributed by atoms with Gasteiger partial charge in [-0.05, 0) is 50.5 Å². The van der Waals surface area contributed by atoms with E-state index in [1.165, 1.54) is 12.1 Å². The maximum Gasteiger partial charge on any atom is 0.253 e. The summed E-state index contributed by atoms with van der Waals surface area (Å²) in [7, 11) is 1.69. The van der Waals surface area contributed by atoms with Crippen LogP contribution in [0.5, 0.6) is 0 Å². The van der Waals surface area contributed by atoms with Crippen LogP contribution < -0.4 is 0 Å². The van der Waals surface area contributed by atoms with Gasteiger partial charge >= 0.3 is 0 Å². The highest BCUT2D eigenvalue weighted by Gasteiger charge is 2.63. The largest absolute Gasteiger partial charge is 0.392 e. The van der Waals surface area contributed by atoms with Gasteiger partial charge in [-0.2, -0.15) is 0 Å². The van der Waals surface area contributed by atoms with Crippen LogP contribution in [0.15, 0.2) is 18.2 Å². The van der Waals surface area contributed by atoms with E-state index in [-0.39, 0.29) is 28.8 Å². The van der Waals surface area contributed by atoms with Gasteiger partial charge < -0.3 is 14.7 Å². The van der Waals surface area contributed by atoms with E-state index in [4.69, 9.17) is 4.74 Å². The lowest BCUT2D eigenvalue weighted by Crippen LogP contribution is -2.69. The predicted molar refractivity (Wildman–Crippen MR) is 84.7 cm³/mol. The molecule has 2 aliphatic rings. The van der Waals surface area contributed by atoms with Gasteiger partial charge in [-0.1, -0.05) is 0 Å². The standard InChI is InChI=1S/C18H24FNO3/c1-12-10-13(4-5-14(12)19)16(22)20-8-6-18(7-9-20)15(21)11-17(18,2)23-3/h4-5,10,15,21H,6-9,11H2,1-3H3. The number of likely N-dealkylation sites (tertiary alicyclic amines) is 1. The first kappa shape index (κ1) is 16.4. The Balaban J connectivity index is 1.71.